The maximum absolute atomic E-state index is 13.3. The molecule has 0 radical (unpaired) electrons. The first-order valence-electron chi connectivity index (χ1n) is 5.01. The Hall–Kier alpha value is -1.43. The van der Waals surface area contributed by atoms with Crippen molar-refractivity contribution in [1.82, 2.24) is 5.32 Å². The third-order valence-electron chi connectivity index (χ3n) is 2.34. The minimum absolute atomic E-state index is 0.162. The van der Waals surface area contributed by atoms with E-state index in [0.29, 0.717) is 0 Å². The van der Waals surface area contributed by atoms with Gasteiger partial charge in [-0.3, -0.25) is 9.00 Å². The SMILES string of the molecule is C[C@@H](CNC(=O)c1c(O)cccc1F)[S@](C)=O. The molecule has 0 heterocycles. The first kappa shape index (κ1) is 13.6. The molecule has 0 aromatic heterocycles. The van der Waals surface area contributed by atoms with Gasteiger partial charge in [-0.05, 0) is 19.1 Å². The fourth-order valence-electron chi connectivity index (χ4n) is 1.18. The summed E-state index contributed by atoms with van der Waals surface area (Å²) < 4.78 is 24.4. The van der Waals surface area contributed by atoms with Crippen LogP contribution >= 0.6 is 0 Å². The Balaban J connectivity index is 2.74. The third kappa shape index (κ3) is 3.52. The van der Waals surface area contributed by atoms with Crippen LogP contribution in [-0.4, -0.2) is 33.3 Å². The smallest absolute Gasteiger partial charge is 0.258 e. The summed E-state index contributed by atoms with van der Waals surface area (Å²) in [5.74, 6) is -1.90. The molecular formula is C11H14FNO3S. The molecule has 17 heavy (non-hydrogen) atoms. The zero-order valence-corrected chi connectivity index (χ0v) is 10.4. The maximum atomic E-state index is 13.3. The standard InChI is InChI=1S/C11H14FNO3S/c1-7(17(2)16)6-13-11(15)10-8(12)4-3-5-9(10)14/h3-5,7,14H,6H2,1-2H3,(H,13,15)/t7-,17-/m0/s1. The van der Waals surface area contributed by atoms with Crippen molar-refractivity contribution < 1.29 is 18.5 Å². The molecular weight excluding hydrogens is 245 g/mol. The van der Waals surface area contributed by atoms with E-state index in [2.05, 4.69) is 5.32 Å². The van der Waals surface area contributed by atoms with Crippen LogP contribution in [0, 0.1) is 5.82 Å². The Bertz CT molecular complexity index is 430. The van der Waals surface area contributed by atoms with Crippen molar-refractivity contribution in [3.63, 3.8) is 0 Å². The molecule has 0 unspecified atom stereocenters. The van der Waals surface area contributed by atoms with Crippen LogP contribution < -0.4 is 5.32 Å². The molecule has 0 aliphatic carbocycles. The Morgan fingerprint density at radius 1 is 1.59 bits per heavy atom. The second-order valence-electron chi connectivity index (χ2n) is 3.65. The maximum Gasteiger partial charge on any atom is 0.258 e. The van der Waals surface area contributed by atoms with Crippen molar-refractivity contribution in [3.8, 4) is 5.75 Å². The van der Waals surface area contributed by atoms with Gasteiger partial charge >= 0.3 is 0 Å². The van der Waals surface area contributed by atoms with Crippen LogP contribution in [0.3, 0.4) is 0 Å². The Labute approximate surface area is 101 Å². The van der Waals surface area contributed by atoms with Crippen LogP contribution in [0.25, 0.3) is 0 Å². The summed E-state index contributed by atoms with van der Waals surface area (Å²) in [7, 11) is -1.06. The normalized spacial score (nSPS) is 14.1. The zero-order chi connectivity index (χ0) is 13.0. The molecule has 1 amide bonds. The lowest BCUT2D eigenvalue weighted by Crippen LogP contribution is -2.33. The number of carbonyl (C=O) groups excluding carboxylic acids is 1. The first-order valence-corrected chi connectivity index (χ1v) is 6.63. The summed E-state index contributed by atoms with van der Waals surface area (Å²) in [4.78, 5) is 11.6. The van der Waals surface area contributed by atoms with Crippen molar-refractivity contribution >= 4 is 16.7 Å². The number of aromatic hydroxyl groups is 1. The lowest BCUT2D eigenvalue weighted by atomic mass is 10.1. The van der Waals surface area contributed by atoms with Gasteiger partial charge in [0.25, 0.3) is 5.91 Å². The summed E-state index contributed by atoms with van der Waals surface area (Å²) in [6.07, 6.45) is 1.53. The van der Waals surface area contributed by atoms with E-state index in [1.165, 1.54) is 18.4 Å². The second-order valence-corrected chi connectivity index (χ2v) is 5.46. The Kier molecular flexibility index (Phi) is 4.62. The molecule has 1 aromatic rings. The van der Waals surface area contributed by atoms with E-state index in [1.807, 2.05) is 0 Å². The fraction of sp³-hybridized carbons (Fsp3) is 0.364. The van der Waals surface area contributed by atoms with Crippen LogP contribution in [-0.2, 0) is 10.8 Å². The molecule has 2 N–H and O–H groups in total. The molecule has 0 fully saturated rings. The number of rotatable bonds is 4. The first-order chi connectivity index (χ1) is 7.93. The van der Waals surface area contributed by atoms with Gasteiger partial charge in [0.15, 0.2) is 0 Å². The highest BCUT2D eigenvalue weighted by molar-refractivity contribution is 7.84. The number of phenols is 1. The van der Waals surface area contributed by atoms with Gasteiger partial charge in [-0.25, -0.2) is 4.39 Å². The number of carbonyl (C=O) groups is 1. The van der Waals surface area contributed by atoms with Gasteiger partial charge in [0, 0.05) is 28.9 Å². The topological polar surface area (TPSA) is 66.4 Å². The highest BCUT2D eigenvalue weighted by atomic mass is 32.2. The molecule has 94 valence electrons. The summed E-state index contributed by atoms with van der Waals surface area (Å²) >= 11 is 0. The van der Waals surface area contributed by atoms with E-state index in [9.17, 15) is 18.5 Å². The van der Waals surface area contributed by atoms with Crippen molar-refractivity contribution in [2.24, 2.45) is 0 Å². The second kappa shape index (κ2) is 5.77. The van der Waals surface area contributed by atoms with Crippen LogP contribution in [0.2, 0.25) is 0 Å². The highest BCUT2D eigenvalue weighted by Gasteiger charge is 2.17. The van der Waals surface area contributed by atoms with Gasteiger partial charge in [0.2, 0.25) is 0 Å². The number of nitrogens with one attached hydrogen (secondary N) is 1. The molecule has 0 aliphatic rings. The van der Waals surface area contributed by atoms with E-state index in [4.69, 9.17) is 0 Å². The molecule has 4 nitrogen and oxygen atoms in total. The largest absolute Gasteiger partial charge is 0.507 e. The molecule has 2 atom stereocenters. The van der Waals surface area contributed by atoms with Crippen molar-refractivity contribution in [3.05, 3.63) is 29.6 Å². The molecule has 0 saturated carbocycles. The Morgan fingerprint density at radius 2 is 2.24 bits per heavy atom. The number of amides is 1. The minimum atomic E-state index is -1.06. The van der Waals surface area contributed by atoms with Crippen LogP contribution in [0.4, 0.5) is 4.39 Å². The summed E-state index contributed by atoms with van der Waals surface area (Å²) in [5, 5.41) is 11.6. The average Bonchev–Trinajstić information content (AvgIpc) is 2.25. The molecule has 6 heteroatoms. The van der Waals surface area contributed by atoms with Gasteiger partial charge in [0.1, 0.15) is 17.1 Å². The van der Waals surface area contributed by atoms with Gasteiger partial charge in [-0.1, -0.05) is 6.07 Å². The quantitative estimate of drug-likeness (QED) is 0.848. The molecule has 1 rings (SSSR count). The summed E-state index contributed by atoms with van der Waals surface area (Å²) in [6, 6.07) is 3.64. The fourth-order valence-corrected chi connectivity index (χ4v) is 1.50. The predicted octanol–water partition coefficient (Wildman–Crippen LogP) is 1.03. The lowest BCUT2D eigenvalue weighted by molar-refractivity contribution is 0.0947. The number of hydrogen-bond acceptors (Lipinski definition) is 3. The zero-order valence-electron chi connectivity index (χ0n) is 9.57. The van der Waals surface area contributed by atoms with Gasteiger partial charge < -0.3 is 10.4 Å². The Morgan fingerprint density at radius 3 is 2.76 bits per heavy atom. The van der Waals surface area contributed by atoms with Gasteiger partial charge in [0.05, 0.1) is 0 Å². The van der Waals surface area contributed by atoms with Crippen molar-refractivity contribution in [1.29, 1.82) is 0 Å². The van der Waals surface area contributed by atoms with E-state index in [-0.39, 0.29) is 17.4 Å². The number of phenolic OH excluding ortho intramolecular Hbond substituents is 1. The number of benzene rings is 1. The van der Waals surface area contributed by atoms with Crippen molar-refractivity contribution in [2.75, 3.05) is 12.8 Å². The van der Waals surface area contributed by atoms with Gasteiger partial charge in [-0.2, -0.15) is 0 Å². The minimum Gasteiger partial charge on any atom is -0.507 e. The van der Waals surface area contributed by atoms with E-state index in [1.54, 1.807) is 6.92 Å². The average molecular weight is 259 g/mol. The summed E-state index contributed by atoms with van der Waals surface area (Å²) in [6.45, 7) is 1.87. The molecule has 1 aromatic carbocycles. The molecule has 0 bridgehead atoms. The molecule has 0 saturated heterocycles. The summed E-state index contributed by atoms with van der Waals surface area (Å²) in [5.41, 5.74) is -0.387. The van der Waals surface area contributed by atoms with Crippen molar-refractivity contribution in [2.45, 2.75) is 12.2 Å². The van der Waals surface area contributed by atoms with Gasteiger partial charge in [-0.15, -0.1) is 0 Å². The van der Waals surface area contributed by atoms with E-state index >= 15 is 0 Å². The molecule has 0 spiro atoms. The highest BCUT2D eigenvalue weighted by Crippen LogP contribution is 2.19. The number of halogens is 1. The predicted molar refractivity (Wildman–Crippen MR) is 63.9 cm³/mol. The van der Waals surface area contributed by atoms with E-state index < -0.39 is 28.3 Å². The monoisotopic (exact) mass is 259 g/mol. The lowest BCUT2D eigenvalue weighted by Gasteiger charge is -2.11. The van der Waals surface area contributed by atoms with Crippen LogP contribution in [0.15, 0.2) is 18.2 Å². The van der Waals surface area contributed by atoms with Crippen LogP contribution in [0.1, 0.15) is 17.3 Å². The molecule has 0 aliphatic heterocycles. The number of hydrogen-bond donors (Lipinski definition) is 2. The third-order valence-corrected chi connectivity index (χ3v) is 3.64. The van der Waals surface area contributed by atoms with Crippen LogP contribution in [0.5, 0.6) is 5.75 Å². The van der Waals surface area contributed by atoms with E-state index in [0.717, 1.165) is 6.07 Å².